The molecule has 1 aromatic rings. The van der Waals surface area contributed by atoms with E-state index in [0.29, 0.717) is 26.2 Å². The number of piperazine rings is 1. The van der Waals surface area contributed by atoms with Crippen molar-refractivity contribution in [1.29, 1.82) is 0 Å². The summed E-state index contributed by atoms with van der Waals surface area (Å²) in [4.78, 5) is 16.8. The number of hydrogen-bond acceptors (Lipinski definition) is 6. The molecule has 1 aliphatic heterocycles. The van der Waals surface area contributed by atoms with Crippen LogP contribution in [0.25, 0.3) is 0 Å². The molecule has 9 heteroatoms. The number of thiazole rings is 1. The number of rotatable bonds is 5. The third kappa shape index (κ3) is 3.00. The van der Waals surface area contributed by atoms with Gasteiger partial charge in [0.05, 0.1) is 5.51 Å². The lowest BCUT2D eigenvalue weighted by molar-refractivity contribution is 0.0687. The zero-order chi connectivity index (χ0) is 14.8. The third-order valence-corrected chi connectivity index (χ3v) is 6.43. The van der Waals surface area contributed by atoms with Crippen LogP contribution < -0.4 is 0 Å². The fourth-order valence-electron chi connectivity index (χ4n) is 2.19. The van der Waals surface area contributed by atoms with E-state index in [1.54, 1.807) is 0 Å². The van der Waals surface area contributed by atoms with Gasteiger partial charge in [-0.3, -0.25) is 0 Å². The predicted molar refractivity (Wildman–Crippen MR) is 74.6 cm³/mol. The number of hydrogen-bond donors (Lipinski definition) is 1. The van der Waals surface area contributed by atoms with Gasteiger partial charge in [-0.05, 0) is 13.0 Å². The lowest BCUT2D eigenvalue weighted by Crippen LogP contribution is -2.48. The number of carboxylic acid groups (broad SMARTS) is 1. The highest BCUT2D eigenvalue weighted by Crippen LogP contribution is 2.25. The van der Waals surface area contributed by atoms with Crippen molar-refractivity contribution in [3.8, 4) is 0 Å². The predicted octanol–water partition coefficient (Wildman–Crippen LogP) is 0.558. The molecule has 2 rings (SSSR count). The maximum Gasteiger partial charge on any atom is 0.356 e. The fourth-order valence-corrected chi connectivity index (χ4v) is 4.89. The van der Waals surface area contributed by atoms with Crippen LogP contribution in [0.3, 0.4) is 0 Å². The van der Waals surface area contributed by atoms with E-state index in [1.165, 1.54) is 9.82 Å². The summed E-state index contributed by atoms with van der Waals surface area (Å²) in [5.74, 6) is -1.31. The second-order valence-electron chi connectivity index (χ2n) is 4.54. The summed E-state index contributed by atoms with van der Waals surface area (Å²) in [5.41, 5.74) is 0.870. The topological polar surface area (TPSA) is 90.8 Å². The first-order chi connectivity index (χ1) is 9.46. The Morgan fingerprint density at radius 1 is 1.40 bits per heavy atom. The summed E-state index contributed by atoms with van der Waals surface area (Å²) in [5, 5.41) is 8.98. The molecule has 20 heavy (non-hydrogen) atoms. The minimum atomic E-state index is -3.75. The highest BCUT2D eigenvalue weighted by atomic mass is 32.2. The van der Waals surface area contributed by atoms with Gasteiger partial charge in [-0.2, -0.15) is 4.31 Å². The molecule has 0 amide bonds. The number of nitrogens with zero attached hydrogens (tertiary/aromatic N) is 3. The Labute approximate surface area is 121 Å². The minimum Gasteiger partial charge on any atom is -0.476 e. The molecule has 0 atom stereocenters. The molecule has 0 aliphatic carbocycles. The molecule has 2 heterocycles. The molecule has 7 nitrogen and oxygen atoms in total. The van der Waals surface area contributed by atoms with Crippen LogP contribution in [0.1, 0.15) is 23.8 Å². The first-order valence-corrected chi connectivity index (χ1v) is 8.68. The van der Waals surface area contributed by atoms with Crippen molar-refractivity contribution in [2.24, 2.45) is 0 Å². The van der Waals surface area contributed by atoms with Gasteiger partial charge >= 0.3 is 5.97 Å². The van der Waals surface area contributed by atoms with Gasteiger partial charge in [0.2, 0.25) is 0 Å². The van der Waals surface area contributed by atoms with Crippen LogP contribution in [0.4, 0.5) is 0 Å². The van der Waals surface area contributed by atoms with E-state index >= 15 is 0 Å². The fraction of sp³-hybridized carbons (Fsp3) is 0.636. The highest BCUT2D eigenvalue weighted by molar-refractivity contribution is 7.91. The Kier molecular flexibility index (Phi) is 4.74. The van der Waals surface area contributed by atoms with Crippen LogP contribution >= 0.6 is 11.3 Å². The van der Waals surface area contributed by atoms with Gasteiger partial charge in [0, 0.05) is 26.2 Å². The zero-order valence-corrected chi connectivity index (χ0v) is 12.8. The molecule has 112 valence electrons. The van der Waals surface area contributed by atoms with E-state index < -0.39 is 16.0 Å². The van der Waals surface area contributed by atoms with Gasteiger partial charge in [0.15, 0.2) is 9.90 Å². The lowest BCUT2D eigenvalue weighted by Gasteiger charge is -2.33. The molecule has 0 unspecified atom stereocenters. The maximum absolute atomic E-state index is 12.5. The van der Waals surface area contributed by atoms with Gasteiger partial charge in [-0.1, -0.05) is 6.92 Å². The van der Waals surface area contributed by atoms with Gasteiger partial charge in [-0.25, -0.2) is 18.2 Å². The Hall–Kier alpha value is -1.03. The molecule has 1 saturated heterocycles. The largest absolute Gasteiger partial charge is 0.476 e. The number of sulfonamides is 1. The van der Waals surface area contributed by atoms with Crippen LogP contribution in [0, 0.1) is 0 Å². The second-order valence-corrected chi connectivity index (χ2v) is 7.53. The average Bonchev–Trinajstić information content (AvgIpc) is 2.90. The van der Waals surface area contributed by atoms with Crippen molar-refractivity contribution in [3.63, 3.8) is 0 Å². The summed E-state index contributed by atoms with van der Waals surface area (Å²) in [6.07, 6.45) is 1.03. The Morgan fingerprint density at radius 3 is 2.60 bits per heavy atom. The van der Waals surface area contributed by atoms with Gasteiger partial charge in [0.25, 0.3) is 10.0 Å². The monoisotopic (exact) mass is 319 g/mol. The third-order valence-electron chi connectivity index (χ3n) is 3.18. The second kappa shape index (κ2) is 6.17. The van der Waals surface area contributed by atoms with Crippen LogP contribution in [0.5, 0.6) is 0 Å². The molecule has 0 spiro atoms. The zero-order valence-electron chi connectivity index (χ0n) is 11.2. The number of carbonyl (C=O) groups is 1. The van der Waals surface area contributed by atoms with E-state index in [9.17, 15) is 13.2 Å². The van der Waals surface area contributed by atoms with Crippen LogP contribution in [0.2, 0.25) is 0 Å². The first kappa shape index (κ1) is 15.4. The van der Waals surface area contributed by atoms with Gasteiger partial charge < -0.3 is 10.0 Å². The summed E-state index contributed by atoms with van der Waals surface area (Å²) >= 11 is 0.854. The summed E-state index contributed by atoms with van der Waals surface area (Å²) in [6.45, 7) is 5.16. The number of aromatic nitrogens is 1. The van der Waals surface area contributed by atoms with E-state index in [0.717, 1.165) is 24.3 Å². The molecule has 1 N–H and O–H groups in total. The van der Waals surface area contributed by atoms with E-state index in [4.69, 9.17) is 5.11 Å². The van der Waals surface area contributed by atoms with Crippen molar-refractivity contribution in [2.75, 3.05) is 32.7 Å². The summed E-state index contributed by atoms with van der Waals surface area (Å²) in [7, 11) is -3.75. The highest BCUT2D eigenvalue weighted by Gasteiger charge is 2.33. The normalized spacial score (nSPS) is 18.2. The Bertz CT molecular complexity index is 576. The summed E-state index contributed by atoms with van der Waals surface area (Å²) in [6, 6.07) is 0. The molecule has 0 bridgehead atoms. The summed E-state index contributed by atoms with van der Waals surface area (Å²) < 4.78 is 26.1. The van der Waals surface area contributed by atoms with Crippen molar-refractivity contribution < 1.29 is 18.3 Å². The van der Waals surface area contributed by atoms with Crippen molar-refractivity contribution in [3.05, 3.63) is 11.2 Å². The molecule has 0 radical (unpaired) electrons. The van der Waals surface area contributed by atoms with Gasteiger partial charge in [0.1, 0.15) is 0 Å². The maximum atomic E-state index is 12.5. The van der Waals surface area contributed by atoms with Crippen molar-refractivity contribution in [1.82, 2.24) is 14.2 Å². The van der Waals surface area contributed by atoms with Gasteiger partial charge in [-0.15, -0.1) is 11.3 Å². The molecule has 1 aromatic heterocycles. The first-order valence-electron chi connectivity index (χ1n) is 6.36. The standard InChI is InChI=1S/C11H17N3O4S2/c1-2-3-13-4-6-14(7-5-13)20(17,18)11-9(10(15)16)12-8-19-11/h8H,2-7H2,1H3,(H,15,16). The SMILES string of the molecule is CCCN1CCN(S(=O)(=O)c2scnc2C(=O)O)CC1. The molecular formula is C11H17N3O4S2. The van der Waals surface area contributed by atoms with E-state index in [-0.39, 0.29) is 9.90 Å². The van der Waals surface area contributed by atoms with Crippen molar-refractivity contribution in [2.45, 2.75) is 17.6 Å². The molecule has 1 fully saturated rings. The number of aromatic carboxylic acids is 1. The van der Waals surface area contributed by atoms with Crippen LogP contribution in [-0.2, 0) is 10.0 Å². The smallest absolute Gasteiger partial charge is 0.356 e. The average molecular weight is 319 g/mol. The van der Waals surface area contributed by atoms with Crippen LogP contribution in [-0.4, -0.2) is 66.4 Å². The van der Waals surface area contributed by atoms with E-state index in [2.05, 4.69) is 16.8 Å². The van der Waals surface area contributed by atoms with Crippen molar-refractivity contribution >= 4 is 27.3 Å². The van der Waals surface area contributed by atoms with E-state index in [1.807, 2.05) is 0 Å². The molecule has 0 saturated carbocycles. The Balaban J connectivity index is 2.16. The van der Waals surface area contributed by atoms with Crippen LogP contribution in [0.15, 0.2) is 9.72 Å². The quantitative estimate of drug-likeness (QED) is 0.852. The minimum absolute atomic E-state index is 0.172. The number of carboxylic acids is 1. The molecule has 0 aromatic carbocycles. The lowest BCUT2D eigenvalue weighted by atomic mass is 10.3. The Morgan fingerprint density at radius 2 is 2.05 bits per heavy atom. The molecular weight excluding hydrogens is 302 g/mol. The molecule has 1 aliphatic rings.